The van der Waals surface area contributed by atoms with Gasteiger partial charge in [-0.2, -0.15) is 0 Å². The third-order valence-corrected chi connectivity index (χ3v) is 4.21. The number of fused-ring (bicyclic) bond motifs is 1. The molecule has 3 rings (SSSR count). The summed E-state index contributed by atoms with van der Waals surface area (Å²) in [6, 6.07) is 7.35. The predicted molar refractivity (Wildman–Crippen MR) is 91.1 cm³/mol. The van der Waals surface area contributed by atoms with Crippen molar-refractivity contribution in [1.29, 1.82) is 0 Å². The average Bonchev–Trinajstić information content (AvgIpc) is 3.02. The van der Waals surface area contributed by atoms with Crippen molar-refractivity contribution in [2.24, 2.45) is 5.92 Å². The molecule has 24 heavy (non-hydrogen) atoms. The van der Waals surface area contributed by atoms with Crippen LogP contribution >= 0.6 is 0 Å². The van der Waals surface area contributed by atoms with Gasteiger partial charge in [0.25, 0.3) is 11.8 Å². The lowest BCUT2D eigenvalue weighted by molar-refractivity contribution is -0.132. The number of rotatable bonds is 3. The Hall–Kier alpha value is -2.38. The normalized spacial score (nSPS) is 20.3. The monoisotopic (exact) mass is 329 g/mol. The molecular weight excluding hydrogens is 306 g/mol. The standard InChI is InChI=1S/C17H23N5O2/c1-10(2)13-14(20-17-18-9-19-22(17)16(13)24)11-5-7-12(8-6-11)15(23)21(3)4/h5-8,10,17-20H,9H2,1-4H3. The van der Waals surface area contributed by atoms with E-state index in [-0.39, 0.29) is 24.0 Å². The number of hydrazine groups is 1. The first-order valence-electron chi connectivity index (χ1n) is 8.03. The summed E-state index contributed by atoms with van der Waals surface area (Å²) in [6.45, 7) is 4.55. The van der Waals surface area contributed by atoms with Crippen LogP contribution in [0.25, 0.3) is 5.70 Å². The minimum atomic E-state index is -0.266. The predicted octanol–water partition coefficient (Wildman–Crippen LogP) is 0.536. The first-order valence-corrected chi connectivity index (χ1v) is 8.03. The molecule has 1 unspecified atom stereocenters. The van der Waals surface area contributed by atoms with Crippen LogP contribution in [0.4, 0.5) is 0 Å². The number of carbonyl (C=O) groups excluding carboxylic acids is 2. The Balaban J connectivity index is 1.99. The van der Waals surface area contributed by atoms with Gasteiger partial charge in [-0.1, -0.05) is 26.0 Å². The highest BCUT2D eigenvalue weighted by molar-refractivity contribution is 6.03. The molecule has 2 amide bonds. The molecule has 1 fully saturated rings. The second kappa shape index (κ2) is 6.26. The van der Waals surface area contributed by atoms with Gasteiger partial charge >= 0.3 is 0 Å². The lowest BCUT2D eigenvalue weighted by Crippen LogP contribution is -2.56. The third kappa shape index (κ3) is 2.76. The third-order valence-electron chi connectivity index (χ3n) is 4.21. The van der Waals surface area contributed by atoms with Crippen molar-refractivity contribution in [3.63, 3.8) is 0 Å². The van der Waals surface area contributed by atoms with Gasteiger partial charge in [-0.25, -0.2) is 10.4 Å². The van der Waals surface area contributed by atoms with Crippen LogP contribution in [0.15, 0.2) is 29.8 Å². The SMILES string of the molecule is CC(C)C1=C(c2ccc(C(=O)N(C)C)cc2)NC2NCNN2C1=O. The molecular formula is C17H23N5O2. The highest BCUT2D eigenvalue weighted by atomic mass is 16.2. The maximum Gasteiger partial charge on any atom is 0.269 e. The van der Waals surface area contributed by atoms with Gasteiger partial charge in [0.05, 0.1) is 12.4 Å². The van der Waals surface area contributed by atoms with Gasteiger partial charge in [0.15, 0.2) is 6.29 Å². The molecule has 3 N–H and O–H groups in total. The van der Waals surface area contributed by atoms with E-state index in [4.69, 9.17) is 0 Å². The fourth-order valence-electron chi connectivity index (χ4n) is 2.98. The molecule has 1 aromatic carbocycles. The second-order valence-corrected chi connectivity index (χ2v) is 6.48. The van der Waals surface area contributed by atoms with Gasteiger partial charge in [-0.3, -0.25) is 14.9 Å². The molecule has 128 valence electrons. The molecule has 2 heterocycles. The molecule has 0 spiro atoms. The summed E-state index contributed by atoms with van der Waals surface area (Å²) >= 11 is 0. The molecule has 2 aliphatic rings. The van der Waals surface area contributed by atoms with Crippen LogP contribution in [0.2, 0.25) is 0 Å². The van der Waals surface area contributed by atoms with Gasteiger partial charge in [0, 0.05) is 25.2 Å². The molecule has 0 aromatic heterocycles. The van der Waals surface area contributed by atoms with Crippen molar-refractivity contribution in [2.75, 3.05) is 20.8 Å². The molecule has 7 nitrogen and oxygen atoms in total. The van der Waals surface area contributed by atoms with Crippen LogP contribution in [0.1, 0.15) is 29.8 Å². The van der Waals surface area contributed by atoms with Gasteiger partial charge in [-0.05, 0) is 23.6 Å². The highest BCUT2D eigenvalue weighted by Gasteiger charge is 2.38. The number of amides is 2. The quantitative estimate of drug-likeness (QED) is 0.754. The zero-order chi connectivity index (χ0) is 17.4. The van der Waals surface area contributed by atoms with Crippen molar-refractivity contribution in [3.05, 3.63) is 41.0 Å². The van der Waals surface area contributed by atoms with E-state index in [9.17, 15) is 9.59 Å². The highest BCUT2D eigenvalue weighted by Crippen LogP contribution is 2.28. The Bertz CT molecular complexity index is 693. The van der Waals surface area contributed by atoms with Crippen LogP contribution in [-0.2, 0) is 4.79 Å². The lowest BCUT2D eigenvalue weighted by atomic mass is 9.94. The second-order valence-electron chi connectivity index (χ2n) is 6.48. The Morgan fingerprint density at radius 1 is 1.25 bits per heavy atom. The molecule has 0 bridgehead atoms. The summed E-state index contributed by atoms with van der Waals surface area (Å²) in [5, 5.41) is 8.15. The Labute approximate surface area is 141 Å². The summed E-state index contributed by atoms with van der Waals surface area (Å²) in [7, 11) is 3.45. The van der Waals surface area contributed by atoms with E-state index in [1.165, 1.54) is 0 Å². The van der Waals surface area contributed by atoms with Gasteiger partial charge < -0.3 is 10.2 Å². The maximum absolute atomic E-state index is 12.8. The first-order chi connectivity index (χ1) is 11.4. The summed E-state index contributed by atoms with van der Waals surface area (Å²) in [6.07, 6.45) is -0.266. The van der Waals surface area contributed by atoms with Crippen LogP contribution in [0.3, 0.4) is 0 Å². The van der Waals surface area contributed by atoms with Crippen molar-refractivity contribution in [3.8, 4) is 0 Å². The molecule has 7 heteroatoms. The number of hydrogen-bond donors (Lipinski definition) is 3. The molecule has 0 radical (unpaired) electrons. The number of nitrogens with zero attached hydrogens (tertiary/aromatic N) is 2. The van der Waals surface area contributed by atoms with Gasteiger partial charge in [0.1, 0.15) is 0 Å². The first kappa shape index (κ1) is 16.5. The van der Waals surface area contributed by atoms with Crippen LogP contribution < -0.4 is 16.1 Å². The number of benzene rings is 1. The van der Waals surface area contributed by atoms with Gasteiger partial charge in [0.2, 0.25) is 0 Å². The fraction of sp³-hybridized carbons (Fsp3) is 0.412. The fourth-order valence-corrected chi connectivity index (χ4v) is 2.98. The maximum atomic E-state index is 12.8. The smallest absolute Gasteiger partial charge is 0.269 e. The Morgan fingerprint density at radius 3 is 2.50 bits per heavy atom. The van der Waals surface area contributed by atoms with E-state index in [0.717, 1.165) is 16.8 Å². The van der Waals surface area contributed by atoms with E-state index >= 15 is 0 Å². The van der Waals surface area contributed by atoms with E-state index in [2.05, 4.69) is 16.1 Å². The van der Waals surface area contributed by atoms with E-state index in [1.807, 2.05) is 26.0 Å². The summed E-state index contributed by atoms with van der Waals surface area (Å²) in [4.78, 5) is 26.3. The minimum Gasteiger partial charge on any atom is -0.351 e. The molecule has 1 aromatic rings. The number of carbonyl (C=O) groups is 2. The summed E-state index contributed by atoms with van der Waals surface area (Å²) in [5.74, 6) is 0.00811. The molecule has 1 saturated heterocycles. The van der Waals surface area contributed by atoms with E-state index in [0.29, 0.717) is 12.2 Å². The van der Waals surface area contributed by atoms with E-state index < -0.39 is 0 Å². The van der Waals surface area contributed by atoms with Crippen molar-refractivity contribution in [2.45, 2.75) is 20.1 Å². The molecule has 1 atom stereocenters. The zero-order valence-electron chi connectivity index (χ0n) is 14.4. The Kier molecular flexibility index (Phi) is 4.29. The number of hydrogen-bond acceptors (Lipinski definition) is 5. The van der Waals surface area contributed by atoms with Crippen LogP contribution in [0.5, 0.6) is 0 Å². The lowest BCUT2D eigenvalue weighted by Gasteiger charge is -2.34. The Morgan fingerprint density at radius 2 is 1.92 bits per heavy atom. The molecule has 2 aliphatic heterocycles. The minimum absolute atomic E-state index is 0.0257. The molecule has 0 aliphatic carbocycles. The zero-order valence-corrected chi connectivity index (χ0v) is 14.4. The largest absolute Gasteiger partial charge is 0.351 e. The summed E-state index contributed by atoms with van der Waals surface area (Å²) < 4.78 is 0. The van der Waals surface area contributed by atoms with E-state index in [1.54, 1.807) is 36.1 Å². The van der Waals surface area contributed by atoms with Crippen LogP contribution in [0, 0.1) is 5.92 Å². The van der Waals surface area contributed by atoms with Crippen molar-refractivity contribution in [1.82, 2.24) is 26.0 Å². The van der Waals surface area contributed by atoms with Crippen molar-refractivity contribution < 1.29 is 9.59 Å². The van der Waals surface area contributed by atoms with Crippen molar-refractivity contribution >= 4 is 17.5 Å². The molecule has 0 saturated carbocycles. The average molecular weight is 329 g/mol. The van der Waals surface area contributed by atoms with Gasteiger partial charge in [-0.15, -0.1) is 0 Å². The number of nitrogens with one attached hydrogen (secondary N) is 3. The topological polar surface area (TPSA) is 76.7 Å². The summed E-state index contributed by atoms with van der Waals surface area (Å²) in [5.41, 5.74) is 6.10. The van der Waals surface area contributed by atoms with Crippen LogP contribution in [-0.4, -0.2) is 48.8 Å².